The first-order valence-electron chi connectivity index (χ1n) is 9.58. The minimum absolute atomic E-state index is 0.0695. The lowest BCUT2D eigenvalue weighted by molar-refractivity contribution is -0.384. The lowest BCUT2D eigenvalue weighted by atomic mass is 10.2. The van der Waals surface area contributed by atoms with Crippen LogP contribution in [-0.4, -0.2) is 41.9 Å². The largest absolute Gasteiger partial charge is 0.461 e. The second-order valence-corrected chi connectivity index (χ2v) is 7.45. The number of nitrogens with zero attached hydrogens (tertiary/aromatic N) is 3. The average molecular weight is 381 g/mol. The van der Waals surface area contributed by atoms with E-state index in [1.165, 1.54) is 12.5 Å². The second-order valence-electron chi connectivity index (χ2n) is 7.45. The Labute approximate surface area is 163 Å². The van der Waals surface area contributed by atoms with Gasteiger partial charge in [0.05, 0.1) is 4.92 Å². The van der Waals surface area contributed by atoms with Crippen LogP contribution in [-0.2, 0) is 4.79 Å². The summed E-state index contributed by atoms with van der Waals surface area (Å²) in [6.07, 6.45) is 4.42. The monoisotopic (exact) mass is 381 g/mol. The van der Waals surface area contributed by atoms with Gasteiger partial charge in [0.15, 0.2) is 0 Å². The quantitative estimate of drug-likeness (QED) is 0.448. The minimum atomic E-state index is -0.365. The number of amides is 1. The number of carbonyl (C=O) groups excluding carboxylic acids is 1. The summed E-state index contributed by atoms with van der Waals surface area (Å²) in [5, 5.41) is 11.2. The van der Waals surface area contributed by atoms with Gasteiger partial charge in [-0.15, -0.1) is 0 Å². The van der Waals surface area contributed by atoms with Crippen LogP contribution in [0.4, 0.5) is 11.4 Å². The zero-order valence-corrected chi connectivity index (χ0v) is 15.8. The number of nitro groups is 1. The van der Waals surface area contributed by atoms with E-state index in [1.807, 2.05) is 17.0 Å². The molecule has 146 valence electrons. The number of piperazine rings is 1. The molecular formula is C21H23N3O4. The molecule has 1 aromatic carbocycles. The minimum Gasteiger partial charge on any atom is -0.461 e. The second kappa shape index (κ2) is 7.50. The highest BCUT2D eigenvalue weighted by molar-refractivity contribution is 5.91. The van der Waals surface area contributed by atoms with Crippen LogP contribution in [0.1, 0.15) is 30.8 Å². The van der Waals surface area contributed by atoms with Crippen molar-refractivity contribution >= 4 is 23.4 Å². The highest BCUT2D eigenvalue weighted by Crippen LogP contribution is 2.47. The molecule has 1 saturated heterocycles. The van der Waals surface area contributed by atoms with Gasteiger partial charge in [0, 0.05) is 44.2 Å². The highest BCUT2D eigenvalue weighted by Gasteiger charge is 2.36. The predicted molar refractivity (Wildman–Crippen MR) is 106 cm³/mol. The fourth-order valence-corrected chi connectivity index (χ4v) is 3.69. The number of carbonyl (C=O) groups is 1. The standard InChI is InChI=1S/C21H23N3O4/c1-15-14-17(15)20-8-6-16(28-20)7-9-21(25)23-12-10-22(11-13-23)18-4-2-3-5-19(18)24(26)27/h2-9,15,17H,10-14H2,1H3/b9-7+. The van der Waals surface area contributed by atoms with Crippen molar-refractivity contribution in [2.45, 2.75) is 19.3 Å². The predicted octanol–water partition coefficient (Wildman–Crippen LogP) is 3.67. The van der Waals surface area contributed by atoms with Crippen LogP contribution in [0.15, 0.2) is 46.9 Å². The summed E-state index contributed by atoms with van der Waals surface area (Å²) in [4.78, 5) is 27.0. The van der Waals surface area contributed by atoms with E-state index in [0.29, 0.717) is 49.5 Å². The van der Waals surface area contributed by atoms with Gasteiger partial charge in [0.2, 0.25) is 5.91 Å². The van der Waals surface area contributed by atoms with Crippen LogP contribution in [0.25, 0.3) is 6.08 Å². The Morgan fingerprint density at radius 1 is 1.18 bits per heavy atom. The Kier molecular flexibility index (Phi) is 4.90. The fraction of sp³-hybridized carbons (Fsp3) is 0.381. The molecule has 1 aliphatic carbocycles. The van der Waals surface area contributed by atoms with Gasteiger partial charge in [-0.25, -0.2) is 0 Å². The fourth-order valence-electron chi connectivity index (χ4n) is 3.69. The van der Waals surface area contributed by atoms with E-state index in [0.717, 1.165) is 5.76 Å². The molecule has 2 fully saturated rings. The molecule has 2 aromatic rings. The van der Waals surface area contributed by atoms with E-state index < -0.39 is 0 Å². The Morgan fingerprint density at radius 3 is 2.57 bits per heavy atom. The normalized spacial score (nSPS) is 21.9. The van der Waals surface area contributed by atoms with Crippen molar-refractivity contribution in [3.05, 3.63) is 64.1 Å². The van der Waals surface area contributed by atoms with E-state index in [1.54, 1.807) is 35.3 Å². The molecule has 1 amide bonds. The third kappa shape index (κ3) is 3.78. The van der Waals surface area contributed by atoms with Gasteiger partial charge in [-0.2, -0.15) is 0 Å². The van der Waals surface area contributed by atoms with Crippen LogP contribution in [0.3, 0.4) is 0 Å². The van der Waals surface area contributed by atoms with Crippen molar-refractivity contribution in [3.8, 4) is 0 Å². The van der Waals surface area contributed by atoms with Crippen molar-refractivity contribution in [3.63, 3.8) is 0 Å². The van der Waals surface area contributed by atoms with Crippen LogP contribution in [0.2, 0.25) is 0 Å². The zero-order valence-electron chi connectivity index (χ0n) is 15.8. The first-order valence-corrected chi connectivity index (χ1v) is 9.58. The summed E-state index contributed by atoms with van der Waals surface area (Å²) in [5.41, 5.74) is 0.702. The molecule has 0 bridgehead atoms. The molecule has 0 radical (unpaired) electrons. The number of para-hydroxylation sites is 2. The van der Waals surface area contributed by atoms with Crippen molar-refractivity contribution in [2.24, 2.45) is 5.92 Å². The molecule has 7 nitrogen and oxygen atoms in total. The summed E-state index contributed by atoms with van der Waals surface area (Å²) < 4.78 is 5.80. The lowest BCUT2D eigenvalue weighted by Gasteiger charge is -2.35. The first-order chi connectivity index (χ1) is 13.5. The Balaban J connectivity index is 1.34. The topological polar surface area (TPSA) is 79.8 Å². The average Bonchev–Trinajstić information content (AvgIpc) is 3.25. The maximum atomic E-state index is 12.5. The van der Waals surface area contributed by atoms with Gasteiger partial charge in [-0.05, 0) is 36.6 Å². The zero-order chi connectivity index (χ0) is 19.7. The van der Waals surface area contributed by atoms with Crippen LogP contribution in [0.5, 0.6) is 0 Å². The molecule has 0 N–H and O–H groups in total. The number of hydrogen-bond donors (Lipinski definition) is 0. The van der Waals surface area contributed by atoms with Crippen LogP contribution >= 0.6 is 0 Å². The molecule has 1 saturated carbocycles. The van der Waals surface area contributed by atoms with Crippen LogP contribution in [0, 0.1) is 16.0 Å². The van der Waals surface area contributed by atoms with E-state index in [2.05, 4.69) is 6.92 Å². The van der Waals surface area contributed by atoms with Crippen molar-refractivity contribution < 1.29 is 14.1 Å². The maximum absolute atomic E-state index is 12.5. The van der Waals surface area contributed by atoms with Crippen molar-refractivity contribution in [1.29, 1.82) is 0 Å². The SMILES string of the molecule is CC1CC1c1ccc(/C=C/C(=O)N2CCN(c3ccccc3[N+](=O)[O-])CC2)o1. The number of anilines is 1. The van der Waals surface area contributed by atoms with Gasteiger partial charge >= 0.3 is 0 Å². The molecule has 2 unspecified atom stereocenters. The lowest BCUT2D eigenvalue weighted by Crippen LogP contribution is -2.48. The molecule has 2 aliphatic rings. The first kappa shape index (κ1) is 18.3. The van der Waals surface area contributed by atoms with Gasteiger partial charge in [-0.3, -0.25) is 14.9 Å². The number of rotatable bonds is 5. The molecule has 4 rings (SSSR count). The smallest absolute Gasteiger partial charge is 0.292 e. The van der Waals surface area contributed by atoms with E-state index in [4.69, 9.17) is 4.42 Å². The van der Waals surface area contributed by atoms with Gasteiger partial charge in [0.1, 0.15) is 17.2 Å². The molecule has 2 atom stereocenters. The van der Waals surface area contributed by atoms with Gasteiger partial charge < -0.3 is 14.2 Å². The summed E-state index contributed by atoms with van der Waals surface area (Å²) in [6.45, 7) is 4.39. The summed E-state index contributed by atoms with van der Waals surface area (Å²) >= 11 is 0. The van der Waals surface area contributed by atoms with Crippen molar-refractivity contribution in [2.75, 3.05) is 31.1 Å². The molecule has 2 heterocycles. The van der Waals surface area contributed by atoms with Gasteiger partial charge in [-0.1, -0.05) is 19.1 Å². The van der Waals surface area contributed by atoms with Crippen molar-refractivity contribution in [1.82, 2.24) is 4.90 Å². The third-order valence-corrected chi connectivity index (χ3v) is 5.52. The maximum Gasteiger partial charge on any atom is 0.292 e. The number of hydrogen-bond acceptors (Lipinski definition) is 5. The van der Waals surface area contributed by atoms with E-state index >= 15 is 0 Å². The molecular weight excluding hydrogens is 358 g/mol. The Hall–Kier alpha value is -3.09. The van der Waals surface area contributed by atoms with Crippen LogP contribution < -0.4 is 4.90 Å². The number of nitro benzene ring substituents is 1. The highest BCUT2D eigenvalue weighted by atomic mass is 16.6. The summed E-state index contributed by atoms with van der Waals surface area (Å²) in [5.74, 6) is 2.83. The Bertz CT molecular complexity index is 912. The molecule has 28 heavy (non-hydrogen) atoms. The summed E-state index contributed by atoms with van der Waals surface area (Å²) in [6, 6.07) is 10.6. The number of benzene rings is 1. The molecule has 7 heteroatoms. The molecule has 1 aliphatic heterocycles. The third-order valence-electron chi connectivity index (χ3n) is 5.52. The summed E-state index contributed by atoms with van der Waals surface area (Å²) in [7, 11) is 0. The van der Waals surface area contributed by atoms with Gasteiger partial charge in [0.25, 0.3) is 5.69 Å². The molecule has 0 spiro atoms. The number of furan rings is 1. The van der Waals surface area contributed by atoms with E-state index in [9.17, 15) is 14.9 Å². The Morgan fingerprint density at radius 2 is 1.89 bits per heavy atom. The molecule has 1 aromatic heterocycles. The van der Waals surface area contributed by atoms with E-state index in [-0.39, 0.29) is 16.5 Å².